The van der Waals surface area contributed by atoms with Crippen molar-refractivity contribution in [1.29, 1.82) is 0 Å². The minimum Gasteiger partial charge on any atom is -0.362 e. The zero-order chi connectivity index (χ0) is 20.4. The van der Waals surface area contributed by atoms with Gasteiger partial charge in [-0.3, -0.25) is 14.5 Å². The van der Waals surface area contributed by atoms with E-state index in [1.807, 2.05) is 37.3 Å². The quantitative estimate of drug-likeness (QED) is 0.546. The smallest absolute Gasteiger partial charge is 0.277 e. The van der Waals surface area contributed by atoms with Gasteiger partial charge in [-0.2, -0.15) is 0 Å². The Labute approximate surface area is 172 Å². The largest absolute Gasteiger partial charge is 0.362 e. The minimum absolute atomic E-state index is 0.138. The number of hydrogen-bond acceptors (Lipinski definition) is 3. The Morgan fingerprint density at radius 3 is 2.34 bits per heavy atom. The van der Waals surface area contributed by atoms with E-state index in [1.165, 1.54) is 16.0 Å². The Morgan fingerprint density at radius 1 is 0.897 bits per heavy atom. The molecule has 150 valence electrons. The van der Waals surface area contributed by atoms with Gasteiger partial charge in [-0.05, 0) is 36.5 Å². The van der Waals surface area contributed by atoms with E-state index >= 15 is 0 Å². The van der Waals surface area contributed by atoms with Crippen LogP contribution >= 0.6 is 0 Å². The van der Waals surface area contributed by atoms with Crippen molar-refractivity contribution < 1.29 is 9.59 Å². The van der Waals surface area contributed by atoms with Gasteiger partial charge in [-0.15, -0.1) is 0 Å². The summed E-state index contributed by atoms with van der Waals surface area (Å²) in [6.45, 7) is 6.07. The van der Waals surface area contributed by atoms with Gasteiger partial charge in [0.15, 0.2) is 0 Å². The van der Waals surface area contributed by atoms with Crippen molar-refractivity contribution in [3.8, 4) is 0 Å². The van der Waals surface area contributed by atoms with Crippen LogP contribution in [0.1, 0.15) is 48.4 Å². The SMILES string of the molecule is CCCCCN1C(=O)C(c2ccc(C)cc2)=C(N2CCc3ccccc3C2)C1=O. The first kappa shape index (κ1) is 19.4. The van der Waals surface area contributed by atoms with E-state index in [-0.39, 0.29) is 11.8 Å². The normalized spacial score (nSPS) is 16.6. The predicted octanol–water partition coefficient (Wildman–Crippen LogP) is 4.32. The molecular formula is C25H28N2O2. The highest BCUT2D eigenvalue weighted by atomic mass is 16.2. The summed E-state index contributed by atoms with van der Waals surface area (Å²) in [5, 5.41) is 0. The topological polar surface area (TPSA) is 40.6 Å². The molecule has 0 saturated heterocycles. The van der Waals surface area contributed by atoms with Gasteiger partial charge in [0.05, 0.1) is 5.57 Å². The van der Waals surface area contributed by atoms with Crippen LogP contribution in [0, 0.1) is 6.92 Å². The molecule has 2 aliphatic rings. The van der Waals surface area contributed by atoms with Crippen molar-refractivity contribution in [3.63, 3.8) is 0 Å². The summed E-state index contributed by atoms with van der Waals surface area (Å²) in [5.41, 5.74) is 5.67. The molecule has 2 aromatic carbocycles. The Hall–Kier alpha value is -2.88. The fourth-order valence-corrected chi connectivity index (χ4v) is 4.25. The Balaban J connectivity index is 1.72. The van der Waals surface area contributed by atoms with E-state index in [0.717, 1.165) is 43.4 Å². The van der Waals surface area contributed by atoms with Crippen LogP contribution in [-0.2, 0) is 22.6 Å². The second-order valence-corrected chi connectivity index (χ2v) is 8.00. The van der Waals surface area contributed by atoms with E-state index in [4.69, 9.17) is 0 Å². The van der Waals surface area contributed by atoms with Gasteiger partial charge in [0.2, 0.25) is 0 Å². The van der Waals surface area contributed by atoms with Gasteiger partial charge in [0.25, 0.3) is 11.8 Å². The average Bonchev–Trinajstić information content (AvgIpc) is 2.99. The van der Waals surface area contributed by atoms with Crippen molar-refractivity contribution in [2.45, 2.75) is 46.1 Å². The van der Waals surface area contributed by atoms with Crippen LogP contribution in [0.5, 0.6) is 0 Å². The molecule has 0 unspecified atom stereocenters. The van der Waals surface area contributed by atoms with E-state index in [0.29, 0.717) is 24.4 Å². The molecule has 0 radical (unpaired) electrons. The third kappa shape index (κ3) is 3.71. The number of unbranched alkanes of at least 4 members (excludes halogenated alkanes) is 2. The van der Waals surface area contributed by atoms with Gasteiger partial charge in [0, 0.05) is 19.6 Å². The number of carbonyl (C=O) groups excluding carboxylic acids is 2. The van der Waals surface area contributed by atoms with Gasteiger partial charge in [0.1, 0.15) is 5.70 Å². The van der Waals surface area contributed by atoms with E-state index in [2.05, 4.69) is 30.0 Å². The summed E-state index contributed by atoms with van der Waals surface area (Å²) in [5.74, 6) is -0.287. The number of imide groups is 1. The minimum atomic E-state index is -0.149. The molecule has 2 amide bonds. The molecule has 2 heterocycles. The molecule has 0 N–H and O–H groups in total. The van der Waals surface area contributed by atoms with E-state index in [9.17, 15) is 9.59 Å². The molecular weight excluding hydrogens is 360 g/mol. The first-order valence-corrected chi connectivity index (χ1v) is 10.6. The van der Waals surface area contributed by atoms with Gasteiger partial charge >= 0.3 is 0 Å². The predicted molar refractivity (Wildman–Crippen MR) is 115 cm³/mol. The maximum absolute atomic E-state index is 13.4. The maximum Gasteiger partial charge on any atom is 0.277 e. The second-order valence-electron chi connectivity index (χ2n) is 8.00. The highest BCUT2D eigenvalue weighted by Crippen LogP contribution is 2.34. The first-order valence-electron chi connectivity index (χ1n) is 10.6. The molecule has 0 aliphatic carbocycles. The van der Waals surface area contributed by atoms with Crippen LogP contribution in [0.4, 0.5) is 0 Å². The third-order valence-corrected chi connectivity index (χ3v) is 5.92. The summed E-state index contributed by atoms with van der Waals surface area (Å²) in [6.07, 6.45) is 3.82. The fraction of sp³-hybridized carbons (Fsp3) is 0.360. The number of carbonyl (C=O) groups is 2. The number of nitrogens with zero attached hydrogens (tertiary/aromatic N) is 2. The maximum atomic E-state index is 13.4. The lowest BCUT2D eigenvalue weighted by atomic mass is 9.97. The first-order chi connectivity index (χ1) is 14.1. The summed E-state index contributed by atoms with van der Waals surface area (Å²) < 4.78 is 0. The molecule has 0 atom stereocenters. The molecule has 0 saturated carbocycles. The molecule has 0 spiro atoms. The molecule has 4 heteroatoms. The van der Waals surface area contributed by atoms with Gasteiger partial charge in [-0.25, -0.2) is 0 Å². The third-order valence-electron chi connectivity index (χ3n) is 5.92. The van der Waals surface area contributed by atoms with Crippen molar-refractivity contribution in [3.05, 3.63) is 76.5 Å². The second kappa shape index (κ2) is 8.24. The molecule has 0 bridgehead atoms. The number of fused-ring (bicyclic) bond motifs is 1. The Bertz CT molecular complexity index is 959. The summed E-state index contributed by atoms with van der Waals surface area (Å²) in [4.78, 5) is 30.3. The van der Waals surface area contributed by atoms with E-state index in [1.54, 1.807) is 0 Å². The highest BCUT2D eigenvalue weighted by Gasteiger charge is 2.41. The number of benzene rings is 2. The molecule has 2 aliphatic heterocycles. The Morgan fingerprint density at radius 2 is 1.62 bits per heavy atom. The zero-order valence-electron chi connectivity index (χ0n) is 17.3. The summed E-state index contributed by atoms with van der Waals surface area (Å²) in [7, 11) is 0. The van der Waals surface area contributed by atoms with Crippen LogP contribution in [-0.4, -0.2) is 34.7 Å². The monoisotopic (exact) mass is 388 g/mol. The number of amides is 2. The van der Waals surface area contributed by atoms with Crippen LogP contribution in [0.2, 0.25) is 0 Å². The standard InChI is InChI=1S/C25H28N2O2/c1-3-4-7-15-27-24(28)22(20-12-10-18(2)11-13-20)23(25(27)29)26-16-14-19-8-5-6-9-21(19)17-26/h5-6,8-13H,3-4,7,14-17H2,1-2H3. The van der Waals surface area contributed by atoms with Crippen molar-refractivity contribution in [1.82, 2.24) is 9.80 Å². The lowest BCUT2D eigenvalue weighted by Gasteiger charge is -2.31. The van der Waals surface area contributed by atoms with Crippen molar-refractivity contribution in [2.75, 3.05) is 13.1 Å². The van der Waals surface area contributed by atoms with Crippen molar-refractivity contribution >= 4 is 17.4 Å². The number of rotatable bonds is 6. The summed E-state index contributed by atoms with van der Waals surface area (Å²) in [6, 6.07) is 16.3. The van der Waals surface area contributed by atoms with Gasteiger partial charge in [-0.1, -0.05) is 73.9 Å². The Kier molecular flexibility index (Phi) is 5.52. The molecule has 0 fully saturated rings. The molecule has 0 aromatic heterocycles. The highest BCUT2D eigenvalue weighted by molar-refractivity contribution is 6.35. The lowest BCUT2D eigenvalue weighted by Crippen LogP contribution is -2.37. The van der Waals surface area contributed by atoms with Crippen LogP contribution in [0.3, 0.4) is 0 Å². The molecule has 4 nitrogen and oxygen atoms in total. The van der Waals surface area contributed by atoms with E-state index < -0.39 is 0 Å². The average molecular weight is 389 g/mol. The van der Waals surface area contributed by atoms with Crippen LogP contribution < -0.4 is 0 Å². The number of aryl methyl sites for hydroxylation is 1. The zero-order valence-corrected chi connectivity index (χ0v) is 17.3. The van der Waals surface area contributed by atoms with Crippen LogP contribution in [0.15, 0.2) is 54.2 Å². The van der Waals surface area contributed by atoms with Gasteiger partial charge < -0.3 is 4.90 Å². The molecule has 4 rings (SSSR count). The summed E-state index contributed by atoms with van der Waals surface area (Å²) >= 11 is 0. The molecule has 2 aromatic rings. The fourth-order valence-electron chi connectivity index (χ4n) is 4.25. The lowest BCUT2D eigenvalue weighted by molar-refractivity contribution is -0.137. The van der Waals surface area contributed by atoms with Crippen LogP contribution in [0.25, 0.3) is 5.57 Å². The van der Waals surface area contributed by atoms with Crippen molar-refractivity contribution in [2.24, 2.45) is 0 Å². The number of hydrogen-bond donors (Lipinski definition) is 0. The molecule has 29 heavy (non-hydrogen) atoms.